The third-order valence-corrected chi connectivity index (χ3v) is 3.37. The van der Waals surface area contributed by atoms with Crippen LogP contribution in [0.1, 0.15) is 10.7 Å². The Morgan fingerprint density at radius 2 is 2.35 bits per heavy atom. The molecule has 0 amide bonds. The van der Waals surface area contributed by atoms with Gasteiger partial charge in [0.2, 0.25) is 0 Å². The van der Waals surface area contributed by atoms with E-state index in [-0.39, 0.29) is 0 Å². The predicted molar refractivity (Wildman–Crippen MR) is 69.4 cm³/mol. The van der Waals surface area contributed by atoms with Crippen LogP contribution < -0.4 is 5.32 Å². The molecule has 0 saturated carbocycles. The molecule has 3 rings (SSSR count). The van der Waals surface area contributed by atoms with E-state index in [1.807, 2.05) is 35.7 Å². The number of aryl methyl sites for hydroxylation is 1. The van der Waals surface area contributed by atoms with Crippen molar-refractivity contribution in [2.75, 3.05) is 5.32 Å². The quantitative estimate of drug-likeness (QED) is 0.770. The fourth-order valence-electron chi connectivity index (χ4n) is 1.76. The molecule has 0 spiro atoms. The van der Waals surface area contributed by atoms with Crippen LogP contribution in [0.3, 0.4) is 0 Å². The minimum absolute atomic E-state index is 0.738. The fourth-order valence-corrected chi connectivity index (χ4v) is 2.37. The maximum atomic E-state index is 4.42. The van der Waals surface area contributed by atoms with Gasteiger partial charge in [-0.05, 0) is 19.1 Å². The van der Waals surface area contributed by atoms with Crippen molar-refractivity contribution in [2.24, 2.45) is 0 Å². The van der Waals surface area contributed by atoms with Crippen LogP contribution in [0.25, 0.3) is 5.65 Å². The number of thiazole rings is 1. The second-order valence-corrected chi connectivity index (χ2v) is 4.84. The van der Waals surface area contributed by atoms with Gasteiger partial charge in [-0.2, -0.15) is 0 Å². The SMILES string of the molecule is Cc1nc(CNc2cccc3nccn23)cs1. The number of hydrogen-bond acceptors (Lipinski definition) is 4. The van der Waals surface area contributed by atoms with E-state index in [0.29, 0.717) is 0 Å². The molecule has 0 saturated heterocycles. The van der Waals surface area contributed by atoms with Crippen LogP contribution in [0, 0.1) is 6.92 Å². The molecule has 0 unspecified atom stereocenters. The van der Waals surface area contributed by atoms with Crippen molar-refractivity contribution < 1.29 is 0 Å². The molecular formula is C12H12N4S. The highest BCUT2D eigenvalue weighted by atomic mass is 32.1. The minimum Gasteiger partial charge on any atom is -0.365 e. The lowest BCUT2D eigenvalue weighted by molar-refractivity contribution is 1.02. The largest absolute Gasteiger partial charge is 0.365 e. The van der Waals surface area contributed by atoms with Crippen molar-refractivity contribution in [3.63, 3.8) is 0 Å². The van der Waals surface area contributed by atoms with E-state index in [0.717, 1.165) is 28.7 Å². The highest BCUT2D eigenvalue weighted by Crippen LogP contribution is 2.13. The Kier molecular flexibility index (Phi) is 2.53. The lowest BCUT2D eigenvalue weighted by Gasteiger charge is -2.07. The molecule has 0 fully saturated rings. The summed E-state index contributed by atoms with van der Waals surface area (Å²) in [5, 5.41) is 6.55. The first-order valence-corrected chi connectivity index (χ1v) is 6.28. The molecule has 3 aromatic rings. The van der Waals surface area contributed by atoms with Gasteiger partial charge in [0.05, 0.1) is 17.2 Å². The molecule has 1 N–H and O–H groups in total. The molecule has 3 aromatic heterocycles. The first-order chi connectivity index (χ1) is 8.33. The lowest BCUT2D eigenvalue weighted by Crippen LogP contribution is -2.03. The van der Waals surface area contributed by atoms with Gasteiger partial charge in [-0.25, -0.2) is 9.97 Å². The zero-order valence-corrected chi connectivity index (χ0v) is 10.2. The van der Waals surface area contributed by atoms with Crippen molar-refractivity contribution in [3.8, 4) is 0 Å². The molecule has 0 atom stereocenters. The van der Waals surface area contributed by atoms with E-state index < -0.39 is 0 Å². The van der Waals surface area contributed by atoms with E-state index in [4.69, 9.17) is 0 Å². The molecule has 0 aromatic carbocycles. The van der Waals surface area contributed by atoms with Crippen LogP contribution in [0.15, 0.2) is 36.0 Å². The first kappa shape index (κ1) is 10.3. The fraction of sp³-hybridized carbons (Fsp3) is 0.167. The molecule has 0 bridgehead atoms. The Labute approximate surface area is 103 Å². The second-order valence-electron chi connectivity index (χ2n) is 3.78. The summed E-state index contributed by atoms with van der Waals surface area (Å²) < 4.78 is 2.03. The summed E-state index contributed by atoms with van der Waals surface area (Å²) in [7, 11) is 0. The summed E-state index contributed by atoms with van der Waals surface area (Å²) in [6.45, 7) is 2.76. The standard InChI is InChI=1S/C12H12N4S/c1-9-15-10(8-17-9)7-14-12-4-2-3-11-13-5-6-16(11)12/h2-6,8,14H,7H2,1H3. The van der Waals surface area contributed by atoms with E-state index in [1.165, 1.54) is 0 Å². The van der Waals surface area contributed by atoms with Crippen molar-refractivity contribution in [3.05, 3.63) is 46.7 Å². The Balaban J connectivity index is 1.83. The minimum atomic E-state index is 0.738. The van der Waals surface area contributed by atoms with Crippen LogP contribution in [-0.2, 0) is 6.54 Å². The van der Waals surface area contributed by atoms with Gasteiger partial charge in [0.1, 0.15) is 11.5 Å². The highest BCUT2D eigenvalue weighted by Gasteiger charge is 2.01. The molecule has 4 nitrogen and oxygen atoms in total. The summed E-state index contributed by atoms with van der Waals surface area (Å²) in [5.74, 6) is 1.03. The van der Waals surface area contributed by atoms with Gasteiger partial charge in [0.25, 0.3) is 0 Å². The number of anilines is 1. The summed E-state index contributed by atoms with van der Waals surface area (Å²) in [4.78, 5) is 8.67. The molecule has 5 heteroatoms. The number of imidazole rings is 1. The second kappa shape index (κ2) is 4.18. The third kappa shape index (κ3) is 2.01. The lowest BCUT2D eigenvalue weighted by atomic mass is 10.4. The van der Waals surface area contributed by atoms with E-state index in [2.05, 4.69) is 20.7 Å². The van der Waals surface area contributed by atoms with Gasteiger partial charge in [-0.3, -0.25) is 4.40 Å². The van der Waals surface area contributed by atoms with Gasteiger partial charge in [0.15, 0.2) is 0 Å². The van der Waals surface area contributed by atoms with Crippen molar-refractivity contribution in [1.29, 1.82) is 0 Å². The van der Waals surface area contributed by atoms with Gasteiger partial charge in [0, 0.05) is 17.8 Å². The number of aromatic nitrogens is 3. The van der Waals surface area contributed by atoms with Gasteiger partial charge in [-0.15, -0.1) is 11.3 Å². The van der Waals surface area contributed by atoms with Crippen molar-refractivity contribution in [1.82, 2.24) is 14.4 Å². The Hall–Kier alpha value is -1.88. The molecular weight excluding hydrogens is 232 g/mol. The van der Waals surface area contributed by atoms with Crippen molar-refractivity contribution >= 4 is 22.8 Å². The number of fused-ring (bicyclic) bond motifs is 1. The normalized spacial score (nSPS) is 10.9. The van der Waals surface area contributed by atoms with E-state index in [9.17, 15) is 0 Å². The predicted octanol–water partition coefficient (Wildman–Crippen LogP) is 2.71. The zero-order chi connectivity index (χ0) is 11.7. The molecule has 17 heavy (non-hydrogen) atoms. The summed E-state index contributed by atoms with van der Waals surface area (Å²) in [6.07, 6.45) is 3.75. The number of pyridine rings is 1. The molecule has 0 radical (unpaired) electrons. The van der Waals surface area contributed by atoms with Gasteiger partial charge >= 0.3 is 0 Å². The molecule has 0 aliphatic rings. The molecule has 0 aliphatic carbocycles. The number of hydrogen-bond donors (Lipinski definition) is 1. The number of nitrogens with zero attached hydrogens (tertiary/aromatic N) is 3. The topological polar surface area (TPSA) is 42.2 Å². The van der Waals surface area contributed by atoms with Crippen LogP contribution in [0.5, 0.6) is 0 Å². The average molecular weight is 244 g/mol. The monoisotopic (exact) mass is 244 g/mol. The number of nitrogens with one attached hydrogen (secondary N) is 1. The number of rotatable bonds is 3. The third-order valence-electron chi connectivity index (χ3n) is 2.55. The zero-order valence-electron chi connectivity index (χ0n) is 9.42. The smallest absolute Gasteiger partial charge is 0.138 e. The van der Waals surface area contributed by atoms with Gasteiger partial charge in [-0.1, -0.05) is 6.07 Å². The Bertz CT molecular complexity index is 641. The van der Waals surface area contributed by atoms with Crippen molar-refractivity contribution in [2.45, 2.75) is 13.5 Å². The average Bonchev–Trinajstić information content (AvgIpc) is 2.94. The van der Waals surface area contributed by atoms with Crippen LogP contribution in [0.4, 0.5) is 5.82 Å². The highest BCUT2D eigenvalue weighted by molar-refractivity contribution is 7.09. The maximum Gasteiger partial charge on any atom is 0.138 e. The van der Waals surface area contributed by atoms with E-state index >= 15 is 0 Å². The summed E-state index contributed by atoms with van der Waals surface area (Å²) in [6, 6.07) is 6.02. The first-order valence-electron chi connectivity index (χ1n) is 5.40. The van der Waals surface area contributed by atoms with E-state index in [1.54, 1.807) is 17.5 Å². The van der Waals surface area contributed by atoms with Gasteiger partial charge < -0.3 is 5.32 Å². The summed E-state index contributed by atoms with van der Waals surface area (Å²) >= 11 is 1.67. The Morgan fingerprint density at radius 3 is 3.18 bits per heavy atom. The Morgan fingerprint density at radius 1 is 1.41 bits per heavy atom. The molecule has 3 heterocycles. The maximum absolute atomic E-state index is 4.42. The summed E-state index contributed by atoms with van der Waals surface area (Å²) in [5.41, 5.74) is 2.02. The van der Waals surface area contributed by atoms with Crippen LogP contribution in [-0.4, -0.2) is 14.4 Å². The molecule has 86 valence electrons. The molecule has 0 aliphatic heterocycles. The van der Waals surface area contributed by atoms with Crippen LogP contribution in [0.2, 0.25) is 0 Å². The van der Waals surface area contributed by atoms with Crippen LogP contribution >= 0.6 is 11.3 Å².